The fraction of sp³-hybridized carbons (Fsp3) is 0.308. The second-order valence-electron chi connectivity index (χ2n) is 6.95. The van der Waals surface area contributed by atoms with E-state index < -0.39 is 5.60 Å². The molecule has 1 aliphatic rings. The molecule has 3 rings (SSSR count). The average Bonchev–Trinajstić information content (AvgIpc) is 2.79. The van der Waals surface area contributed by atoms with Crippen molar-refractivity contribution in [3.8, 4) is 0 Å². The SMILES string of the molecule is C1CCNCC1.C\C=C/C=C\C=C\CC(O)(c1ccccc1)c1ccccc1. The minimum Gasteiger partial charge on any atom is -0.380 e. The number of benzene rings is 2. The molecule has 28 heavy (non-hydrogen) atoms. The Morgan fingerprint density at radius 1 is 0.786 bits per heavy atom. The summed E-state index contributed by atoms with van der Waals surface area (Å²) in [4.78, 5) is 0. The third-order valence-corrected chi connectivity index (χ3v) is 4.78. The van der Waals surface area contributed by atoms with Gasteiger partial charge in [0.25, 0.3) is 0 Å². The van der Waals surface area contributed by atoms with Crippen molar-refractivity contribution in [1.82, 2.24) is 5.32 Å². The summed E-state index contributed by atoms with van der Waals surface area (Å²) in [5.74, 6) is 0. The van der Waals surface area contributed by atoms with Crippen molar-refractivity contribution < 1.29 is 5.11 Å². The maximum Gasteiger partial charge on any atom is 0.118 e. The lowest BCUT2D eigenvalue weighted by Crippen LogP contribution is -2.26. The molecule has 0 atom stereocenters. The minimum absolute atomic E-state index is 0.529. The van der Waals surface area contributed by atoms with Gasteiger partial charge in [0.1, 0.15) is 5.60 Å². The predicted molar refractivity (Wildman–Crippen MR) is 120 cm³/mol. The first-order valence-corrected chi connectivity index (χ1v) is 10.3. The molecule has 2 heteroatoms. The second kappa shape index (κ2) is 12.9. The van der Waals surface area contributed by atoms with Gasteiger partial charge in [-0.25, -0.2) is 0 Å². The number of piperidine rings is 1. The van der Waals surface area contributed by atoms with Crippen LogP contribution in [0.5, 0.6) is 0 Å². The van der Waals surface area contributed by atoms with E-state index in [1.807, 2.05) is 104 Å². The molecule has 1 fully saturated rings. The van der Waals surface area contributed by atoms with Gasteiger partial charge in [0, 0.05) is 6.42 Å². The molecule has 0 unspecified atom stereocenters. The Hall–Kier alpha value is -2.42. The van der Waals surface area contributed by atoms with Crippen LogP contribution >= 0.6 is 0 Å². The van der Waals surface area contributed by atoms with Crippen LogP contribution in [0, 0.1) is 0 Å². The van der Waals surface area contributed by atoms with Crippen LogP contribution in [0.3, 0.4) is 0 Å². The highest BCUT2D eigenvalue weighted by molar-refractivity contribution is 5.36. The number of allylic oxidation sites excluding steroid dienone is 5. The maximum absolute atomic E-state index is 11.3. The molecular weight excluding hydrogens is 342 g/mol. The number of hydrogen-bond acceptors (Lipinski definition) is 2. The smallest absolute Gasteiger partial charge is 0.118 e. The van der Waals surface area contributed by atoms with Crippen molar-refractivity contribution in [2.24, 2.45) is 0 Å². The molecule has 0 aromatic heterocycles. The summed E-state index contributed by atoms with van der Waals surface area (Å²) in [5.41, 5.74) is 0.805. The Kier molecular flexibility index (Phi) is 10.1. The Morgan fingerprint density at radius 2 is 1.32 bits per heavy atom. The average molecular weight is 376 g/mol. The van der Waals surface area contributed by atoms with Crippen LogP contribution in [0.15, 0.2) is 97.1 Å². The van der Waals surface area contributed by atoms with Crippen molar-refractivity contribution in [3.05, 3.63) is 108 Å². The lowest BCUT2D eigenvalue weighted by Gasteiger charge is -2.28. The summed E-state index contributed by atoms with van der Waals surface area (Å²) in [6, 6.07) is 19.6. The Balaban J connectivity index is 0.000000397. The predicted octanol–water partition coefficient (Wildman–Crippen LogP) is 5.76. The Morgan fingerprint density at radius 3 is 1.75 bits per heavy atom. The number of rotatable bonds is 6. The zero-order valence-electron chi connectivity index (χ0n) is 16.9. The van der Waals surface area contributed by atoms with Gasteiger partial charge in [-0.05, 0) is 44.0 Å². The summed E-state index contributed by atoms with van der Waals surface area (Å²) >= 11 is 0. The molecule has 0 amide bonds. The van der Waals surface area contributed by atoms with Gasteiger partial charge in [-0.1, -0.05) is 104 Å². The molecule has 2 N–H and O–H groups in total. The lowest BCUT2D eigenvalue weighted by atomic mass is 9.83. The molecule has 0 bridgehead atoms. The van der Waals surface area contributed by atoms with Gasteiger partial charge in [-0.15, -0.1) is 0 Å². The van der Waals surface area contributed by atoms with Crippen molar-refractivity contribution in [2.75, 3.05) is 13.1 Å². The van der Waals surface area contributed by atoms with Gasteiger partial charge in [-0.2, -0.15) is 0 Å². The highest BCUT2D eigenvalue weighted by atomic mass is 16.3. The summed E-state index contributed by atoms with van der Waals surface area (Å²) < 4.78 is 0. The fourth-order valence-electron chi connectivity index (χ4n) is 3.19. The molecule has 0 radical (unpaired) electrons. The molecular formula is C26H33NO. The van der Waals surface area contributed by atoms with Gasteiger partial charge < -0.3 is 10.4 Å². The molecule has 1 aliphatic heterocycles. The molecule has 0 saturated carbocycles. The van der Waals surface area contributed by atoms with Gasteiger partial charge in [0.2, 0.25) is 0 Å². The highest BCUT2D eigenvalue weighted by Crippen LogP contribution is 2.33. The van der Waals surface area contributed by atoms with E-state index in [-0.39, 0.29) is 0 Å². The first-order valence-electron chi connectivity index (χ1n) is 10.3. The highest BCUT2D eigenvalue weighted by Gasteiger charge is 2.29. The van der Waals surface area contributed by atoms with Gasteiger partial charge in [0.05, 0.1) is 0 Å². The summed E-state index contributed by atoms with van der Waals surface area (Å²) in [6.07, 6.45) is 16.6. The lowest BCUT2D eigenvalue weighted by molar-refractivity contribution is 0.0841. The van der Waals surface area contributed by atoms with Crippen LogP contribution in [0.1, 0.15) is 43.7 Å². The first-order chi connectivity index (χ1) is 13.8. The molecule has 148 valence electrons. The van der Waals surface area contributed by atoms with E-state index in [2.05, 4.69) is 5.32 Å². The maximum atomic E-state index is 11.3. The quantitative estimate of drug-likeness (QED) is 0.629. The second-order valence-corrected chi connectivity index (χ2v) is 6.95. The van der Waals surface area contributed by atoms with E-state index in [0.29, 0.717) is 6.42 Å². The largest absolute Gasteiger partial charge is 0.380 e. The van der Waals surface area contributed by atoms with Gasteiger partial charge in [0.15, 0.2) is 0 Å². The number of hydrogen-bond donors (Lipinski definition) is 2. The molecule has 2 aromatic carbocycles. The van der Waals surface area contributed by atoms with E-state index in [4.69, 9.17) is 0 Å². The standard InChI is InChI=1S/C21H22O.C5H11N/c1-2-3-4-5-6-13-18-21(22,19-14-9-7-10-15-19)20-16-11-8-12-17-20;1-2-4-6-5-3-1/h2-17,22H,18H2,1H3;6H,1-5H2/b3-2-,5-4-,13-6+;. The van der Waals surface area contributed by atoms with E-state index in [0.717, 1.165) is 11.1 Å². The molecule has 0 aliphatic carbocycles. The van der Waals surface area contributed by atoms with E-state index >= 15 is 0 Å². The Bertz CT molecular complexity index is 677. The zero-order chi connectivity index (χ0) is 19.9. The minimum atomic E-state index is -1.01. The van der Waals surface area contributed by atoms with Crippen molar-refractivity contribution in [2.45, 2.75) is 38.2 Å². The molecule has 0 spiro atoms. The van der Waals surface area contributed by atoms with Crippen LogP contribution in [0.4, 0.5) is 0 Å². The van der Waals surface area contributed by atoms with Crippen LogP contribution in [-0.2, 0) is 5.60 Å². The molecule has 1 saturated heterocycles. The normalized spacial score (nSPS) is 15.1. The van der Waals surface area contributed by atoms with Crippen LogP contribution < -0.4 is 5.32 Å². The Labute approximate surface area is 170 Å². The van der Waals surface area contributed by atoms with Crippen LogP contribution in [-0.4, -0.2) is 18.2 Å². The van der Waals surface area contributed by atoms with Crippen molar-refractivity contribution in [3.63, 3.8) is 0 Å². The van der Waals surface area contributed by atoms with E-state index in [1.165, 1.54) is 32.4 Å². The fourth-order valence-corrected chi connectivity index (χ4v) is 3.19. The summed E-state index contributed by atoms with van der Waals surface area (Å²) in [7, 11) is 0. The molecule has 2 aromatic rings. The van der Waals surface area contributed by atoms with Gasteiger partial charge >= 0.3 is 0 Å². The molecule has 2 nitrogen and oxygen atoms in total. The number of aliphatic hydroxyl groups is 1. The molecule has 1 heterocycles. The summed E-state index contributed by atoms with van der Waals surface area (Å²) in [5, 5.41) is 14.6. The number of nitrogens with one attached hydrogen (secondary N) is 1. The monoisotopic (exact) mass is 375 g/mol. The van der Waals surface area contributed by atoms with Crippen LogP contribution in [0.25, 0.3) is 0 Å². The topological polar surface area (TPSA) is 32.3 Å². The summed E-state index contributed by atoms with van der Waals surface area (Å²) in [6.45, 7) is 4.48. The first kappa shape index (κ1) is 21.9. The van der Waals surface area contributed by atoms with E-state index in [1.54, 1.807) is 0 Å². The van der Waals surface area contributed by atoms with Crippen molar-refractivity contribution in [1.29, 1.82) is 0 Å². The van der Waals surface area contributed by atoms with Crippen LogP contribution in [0.2, 0.25) is 0 Å². The third-order valence-electron chi connectivity index (χ3n) is 4.78. The zero-order valence-corrected chi connectivity index (χ0v) is 16.9. The third kappa shape index (κ3) is 7.30. The van der Waals surface area contributed by atoms with Gasteiger partial charge in [-0.3, -0.25) is 0 Å². The van der Waals surface area contributed by atoms with E-state index in [9.17, 15) is 5.11 Å². The van der Waals surface area contributed by atoms with Crippen molar-refractivity contribution >= 4 is 0 Å².